The summed E-state index contributed by atoms with van der Waals surface area (Å²) in [7, 11) is 3.26. The second-order valence-electron chi connectivity index (χ2n) is 7.73. The predicted octanol–water partition coefficient (Wildman–Crippen LogP) is 5.40. The van der Waals surface area contributed by atoms with E-state index in [9.17, 15) is 4.79 Å². The van der Waals surface area contributed by atoms with E-state index in [1.165, 1.54) is 21.6 Å². The van der Waals surface area contributed by atoms with Crippen LogP contribution in [0.25, 0.3) is 0 Å². The number of fused-ring (bicyclic) bond motifs is 1. The molecule has 5 nitrogen and oxygen atoms in total. The van der Waals surface area contributed by atoms with Crippen LogP contribution in [0.2, 0.25) is 0 Å². The number of methoxy groups -OCH3 is 2. The summed E-state index contributed by atoms with van der Waals surface area (Å²) in [6.45, 7) is 5.41. The van der Waals surface area contributed by atoms with E-state index in [1.807, 2.05) is 23.1 Å². The molecule has 162 valence electrons. The summed E-state index contributed by atoms with van der Waals surface area (Å²) in [6, 6.07) is 14.0. The van der Waals surface area contributed by atoms with E-state index in [1.54, 1.807) is 32.0 Å². The van der Waals surface area contributed by atoms with Crippen molar-refractivity contribution in [1.29, 1.82) is 0 Å². The lowest BCUT2D eigenvalue weighted by atomic mass is 9.98. The molecular formula is C25H27NO4S. The quantitative estimate of drug-likeness (QED) is 0.483. The number of carbonyl (C=O) groups is 1. The Morgan fingerprint density at radius 1 is 1.03 bits per heavy atom. The minimum Gasteiger partial charge on any atom is -0.493 e. The number of hydrogen-bond donors (Lipinski definition) is 0. The molecule has 1 aromatic heterocycles. The maximum absolute atomic E-state index is 13.1. The van der Waals surface area contributed by atoms with Crippen LogP contribution >= 0.6 is 11.8 Å². The van der Waals surface area contributed by atoms with Gasteiger partial charge in [-0.3, -0.25) is 4.79 Å². The first-order valence-electron chi connectivity index (χ1n) is 10.3. The summed E-state index contributed by atoms with van der Waals surface area (Å²) < 4.78 is 16.7. The van der Waals surface area contributed by atoms with E-state index in [0.717, 1.165) is 23.5 Å². The molecule has 0 atom stereocenters. The Labute approximate surface area is 187 Å². The molecule has 2 heterocycles. The van der Waals surface area contributed by atoms with E-state index in [2.05, 4.69) is 32.0 Å². The van der Waals surface area contributed by atoms with E-state index < -0.39 is 0 Å². The highest BCUT2D eigenvalue weighted by Gasteiger charge is 2.25. The Kier molecular flexibility index (Phi) is 6.28. The number of thioether (sulfide) groups is 1. The highest BCUT2D eigenvalue weighted by molar-refractivity contribution is 7.98. The molecule has 0 saturated carbocycles. The first-order valence-corrected chi connectivity index (χ1v) is 11.3. The van der Waals surface area contributed by atoms with Gasteiger partial charge in [-0.1, -0.05) is 18.2 Å². The number of carbonyl (C=O) groups excluding carboxylic acids is 1. The normalized spacial score (nSPS) is 13.1. The van der Waals surface area contributed by atoms with Gasteiger partial charge in [0.05, 0.1) is 20.0 Å². The zero-order valence-corrected chi connectivity index (χ0v) is 19.2. The zero-order chi connectivity index (χ0) is 22.0. The van der Waals surface area contributed by atoms with Gasteiger partial charge in [-0.2, -0.15) is 0 Å². The van der Waals surface area contributed by atoms with Gasteiger partial charge in [0, 0.05) is 18.0 Å². The summed E-state index contributed by atoms with van der Waals surface area (Å²) in [5, 5.41) is 0. The number of aryl methyl sites for hydroxylation is 2. The molecule has 31 heavy (non-hydrogen) atoms. The van der Waals surface area contributed by atoms with Crippen LogP contribution in [0.1, 0.15) is 38.6 Å². The van der Waals surface area contributed by atoms with Crippen LogP contribution in [0.5, 0.6) is 11.5 Å². The van der Waals surface area contributed by atoms with E-state index in [0.29, 0.717) is 30.4 Å². The van der Waals surface area contributed by atoms with Gasteiger partial charge in [0.25, 0.3) is 5.91 Å². The largest absolute Gasteiger partial charge is 0.493 e. The lowest BCUT2D eigenvalue weighted by Crippen LogP contribution is -2.35. The molecule has 0 saturated heterocycles. The Morgan fingerprint density at radius 3 is 2.39 bits per heavy atom. The number of nitrogens with zero attached hydrogens (tertiary/aromatic N) is 1. The average molecular weight is 438 g/mol. The molecule has 0 radical (unpaired) electrons. The molecule has 1 aliphatic rings. The Morgan fingerprint density at radius 2 is 1.71 bits per heavy atom. The second-order valence-corrected chi connectivity index (χ2v) is 8.71. The van der Waals surface area contributed by atoms with Crippen LogP contribution in [-0.4, -0.2) is 31.6 Å². The number of ether oxygens (including phenoxy) is 2. The van der Waals surface area contributed by atoms with E-state index in [4.69, 9.17) is 13.9 Å². The Bertz CT molecular complexity index is 1080. The number of furan rings is 1. The van der Waals surface area contributed by atoms with Gasteiger partial charge in [0.2, 0.25) is 0 Å². The molecule has 3 aromatic rings. The predicted molar refractivity (Wildman–Crippen MR) is 122 cm³/mol. The molecule has 0 fully saturated rings. The van der Waals surface area contributed by atoms with Crippen molar-refractivity contribution < 1.29 is 18.7 Å². The molecular weight excluding hydrogens is 410 g/mol. The number of rotatable bonds is 6. The Balaban J connectivity index is 1.44. The van der Waals surface area contributed by atoms with Crippen LogP contribution in [0.3, 0.4) is 0 Å². The fourth-order valence-corrected chi connectivity index (χ4v) is 4.99. The van der Waals surface area contributed by atoms with Crippen molar-refractivity contribution in [2.45, 2.75) is 37.5 Å². The van der Waals surface area contributed by atoms with Crippen molar-refractivity contribution in [3.8, 4) is 11.5 Å². The van der Waals surface area contributed by atoms with Crippen LogP contribution < -0.4 is 9.47 Å². The molecule has 1 aliphatic heterocycles. The van der Waals surface area contributed by atoms with E-state index >= 15 is 0 Å². The minimum atomic E-state index is -0.0799. The van der Waals surface area contributed by atoms with Crippen molar-refractivity contribution in [1.82, 2.24) is 4.90 Å². The standard InChI is InChI=1S/C25H27NO4S/c1-16-6-5-7-17(2)24(16)31-15-20-8-9-21(30-20)25(27)26-11-10-18-12-22(28-3)23(29-4)13-19(18)14-26/h5-9,12-13H,10-11,14-15H2,1-4H3. The van der Waals surface area contributed by atoms with Gasteiger partial charge >= 0.3 is 0 Å². The lowest BCUT2D eigenvalue weighted by molar-refractivity contribution is 0.0700. The van der Waals surface area contributed by atoms with Crippen LogP contribution in [0.4, 0.5) is 0 Å². The molecule has 0 spiro atoms. The summed E-state index contributed by atoms with van der Waals surface area (Å²) >= 11 is 1.74. The van der Waals surface area contributed by atoms with Gasteiger partial charge in [-0.05, 0) is 66.8 Å². The molecule has 0 bridgehead atoms. The third kappa shape index (κ3) is 4.44. The summed E-state index contributed by atoms with van der Waals surface area (Å²) in [5.41, 5.74) is 4.78. The summed E-state index contributed by atoms with van der Waals surface area (Å²) in [5.74, 6) is 3.21. The van der Waals surface area contributed by atoms with Crippen LogP contribution in [-0.2, 0) is 18.7 Å². The van der Waals surface area contributed by atoms with Crippen molar-refractivity contribution in [3.05, 3.63) is 76.2 Å². The van der Waals surface area contributed by atoms with Gasteiger partial charge in [0.15, 0.2) is 17.3 Å². The molecule has 4 rings (SSSR count). The number of benzene rings is 2. The molecule has 6 heteroatoms. The third-order valence-electron chi connectivity index (χ3n) is 5.65. The molecule has 0 aliphatic carbocycles. The van der Waals surface area contributed by atoms with Crippen molar-refractivity contribution >= 4 is 17.7 Å². The minimum absolute atomic E-state index is 0.0799. The maximum Gasteiger partial charge on any atom is 0.289 e. The van der Waals surface area contributed by atoms with Gasteiger partial charge in [-0.15, -0.1) is 11.8 Å². The Hall–Kier alpha value is -2.86. The fraction of sp³-hybridized carbons (Fsp3) is 0.320. The lowest BCUT2D eigenvalue weighted by Gasteiger charge is -2.29. The van der Waals surface area contributed by atoms with Crippen LogP contribution in [0.15, 0.2) is 51.8 Å². The summed E-state index contributed by atoms with van der Waals surface area (Å²) in [6.07, 6.45) is 0.775. The first-order chi connectivity index (χ1) is 15.0. The third-order valence-corrected chi connectivity index (χ3v) is 7.01. The van der Waals surface area contributed by atoms with Crippen molar-refractivity contribution in [2.75, 3.05) is 20.8 Å². The maximum atomic E-state index is 13.1. The monoisotopic (exact) mass is 437 g/mol. The molecule has 1 amide bonds. The van der Waals surface area contributed by atoms with E-state index in [-0.39, 0.29) is 5.91 Å². The topological polar surface area (TPSA) is 51.9 Å². The van der Waals surface area contributed by atoms with Crippen molar-refractivity contribution in [2.24, 2.45) is 0 Å². The highest BCUT2D eigenvalue weighted by Crippen LogP contribution is 2.34. The highest BCUT2D eigenvalue weighted by atomic mass is 32.2. The van der Waals surface area contributed by atoms with Gasteiger partial charge in [-0.25, -0.2) is 0 Å². The second kappa shape index (κ2) is 9.10. The SMILES string of the molecule is COc1cc2c(cc1OC)CN(C(=O)c1ccc(CSc3c(C)cccc3C)o1)CC2. The number of hydrogen-bond acceptors (Lipinski definition) is 5. The smallest absolute Gasteiger partial charge is 0.289 e. The number of amides is 1. The van der Waals surface area contributed by atoms with Crippen molar-refractivity contribution in [3.63, 3.8) is 0 Å². The van der Waals surface area contributed by atoms with Crippen LogP contribution in [0, 0.1) is 13.8 Å². The molecule has 0 N–H and O–H groups in total. The van der Waals surface area contributed by atoms with Gasteiger partial charge < -0.3 is 18.8 Å². The summed E-state index contributed by atoms with van der Waals surface area (Å²) in [4.78, 5) is 16.1. The van der Waals surface area contributed by atoms with Gasteiger partial charge in [0.1, 0.15) is 5.76 Å². The molecule has 0 unspecified atom stereocenters. The zero-order valence-electron chi connectivity index (χ0n) is 18.4. The first kappa shape index (κ1) is 21.4. The fourth-order valence-electron chi connectivity index (χ4n) is 3.95. The average Bonchev–Trinajstić information content (AvgIpc) is 3.25. The molecule has 2 aromatic carbocycles.